The van der Waals surface area contributed by atoms with Crippen LogP contribution in [0.2, 0.25) is 0 Å². The Labute approximate surface area is 91.1 Å². The molecule has 2 nitrogen and oxygen atoms in total. The number of aromatic nitrogens is 1. The quantitative estimate of drug-likeness (QED) is 0.801. The van der Waals surface area contributed by atoms with Crippen LogP contribution < -0.4 is 5.73 Å². The molecule has 1 aromatic heterocycles. The fraction of sp³-hybridized carbons (Fsp3) is 0.250. The van der Waals surface area contributed by atoms with Crippen molar-refractivity contribution in [1.82, 2.24) is 4.98 Å². The molecule has 0 aliphatic heterocycles. The minimum absolute atomic E-state index is 0.272. The van der Waals surface area contributed by atoms with E-state index in [1.165, 1.54) is 0 Å². The highest BCUT2D eigenvalue weighted by molar-refractivity contribution is 5.79. The number of nitrogens with two attached hydrogens (primary N) is 1. The van der Waals surface area contributed by atoms with Crippen LogP contribution in [0.3, 0.4) is 0 Å². The van der Waals surface area contributed by atoms with Crippen molar-refractivity contribution >= 4 is 10.9 Å². The van der Waals surface area contributed by atoms with Gasteiger partial charge in [0, 0.05) is 18.0 Å². The molecule has 3 rings (SSSR count). The molecule has 0 bridgehead atoms. The van der Waals surface area contributed by atoms with Gasteiger partial charge in [-0.25, -0.2) is 8.78 Å². The molecule has 1 aromatic carbocycles. The topological polar surface area (TPSA) is 38.9 Å². The summed E-state index contributed by atoms with van der Waals surface area (Å²) in [7, 11) is 0. The Morgan fingerprint density at radius 1 is 1.25 bits per heavy atom. The van der Waals surface area contributed by atoms with Crippen LogP contribution in [0, 0.1) is 0 Å². The summed E-state index contributed by atoms with van der Waals surface area (Å²) in [4.78, 5) is 4.13. The van der Waals surface area contributed by atoms with E-state index < -0.39 is 11.5 Å². The third-order valence-corrected chi connectivity index (χ3v) is 3.15. The molecule has 1 aliphatic rings. The summed E-state index contributed by atoms with van der Waals surface area (Å²) in [5, 5.41) is 0.840. The molecule has 2 aromatic rings. The van der Waals surface area contributed by atoms with Gasteiger partial charge in [-0.15, -0.1) is 0 Å². The third-order valence-electron chi connectivity index (χ3n) is 3.15. The summed E-state index contributed by atoms with van der Waals surface area (Å²) in [6.45, 7) is 0. The molecule has 1 heterocycles. The highest BCUT2D eigenvalue weighted by atomic mass is 19.3. The first-order chi connectivity index (χ1) is 7.53. The summed E-state index contributed by atoms with van der Waals surface area (Å²) in [6, 6.07) is 8.68. The molecule has 1 unspecified atom stereocenters. The Morgan fingerprint density at radius 2 is 2.00 bits per heavy atom. The van der Waals surface area contributed by atoms with Crippen molar-refractivity contribution in [2.24, 2.45) is 5.73 Å². The van der Waals surface area contributed by atoms with E-state index in [4.69, 9.17) is 5.73 Å². The lowest BCUT2D eigenvalue weighted by Gasteiger charge is -2.11. The Bertz CT molecular complexity index is 568. The van der Waals surface area contributed by atoms with Gasteiger partial charge in [0.15, 0.2) is 0 Å². The van der Waals surface area contributed by atoms with Crippen LogP contribution in [0.5, 0.6) is 0 Å². The SMILES string of the molecule is NC1(c2ccc3ncccc3c2)CC1(F)F. The van der Waals surface area contributed by atoms with Gasteiger partial charge in [0.25, 0.3) is 5.92 Å². The van der Waals surface area contributed by atoms with Crippen molar-refractivity contribution in [1.29, 1.82) is 0 Å². The van der Waals surface area contributed by atoms with Gasteiger partial charge >= 0.3 is 0 Å². The minimum Gasteiger partial charge on any atom is -0.316 e. The molecule has 82 valence electrons. The maximum atomic E-state index is 13.1. The van der Waals surface area contributed by atoms with Crippen molar-refractivity contribution in [2.75, 3.05) is 0 Å². The van der Waals surface area contributed by atoms with Crippen molar-refractivity contribution in [3.05, 3.63) is 42.1 Å². The fourth-order valence-corrected chi connectivity index (χ4v) is 1.97. The molecule has 0 spiro atoms. The number of rotatable bonds is 1. The van der Waals surface area contributed by atoms with E-state index in [-0.39, 0.29) is 6.42 Å². The lowest BCUT2D eigenvalue weighted by Crippen LogP contribution is -2.26. The minimum atomic E-state index is -2.77. The number of fused-ring (bicyclic) bond motifs is 1. The van der Waals surface area contributed by atoms with Gasteiger partial charge in [-0.2, -0.15) is 0 Å². The highest BCUT2D eigenvalue weighted by Gasteiger charge is 2.69. The van der Waals surface area contributed by atoms with Gasteiger partial charge in [-0.05, 0) is 23.8 Å². The Hall–Kier alpha value is -1.55. The molecule has 1 atom stereocenters. The molecule has 2 N–H and O–H groups in total. The van der Waals surface area contributed by atoms with Crippen molar-refractivity contribution in [3.8, 4) is 0 Å². The van der Waals surface area contributed by atoms with Crippen molar-refractivity contribution in [2.45, 2.75) is 17.9 Å². The number of nitrogens with zero attached hydrogens (tertiary/aromatic N) is 1. The second-order valence-corrected chi connectivity index (χ2v) is 4.26. The number of halogens is 2. The van der Waals surface area contributed by atoms with Gasteiger partial charge < -0.3 is 5.73 Å². The molecule has 1 aliphatic carbocycles. The number of pyridine rings is 1. The van der Waals surface area contributed by atoms with Crippen LogP contribution in [-0.4, -0.2) is 10.9 Å². The van der Waals surface area contributed by atoms with E-state index in [9.17, 15) is 8.78 Å². The maximum absolute atomic E-state index is 13.1. The van der Waals surface area contributed by atoms with Crippen molar-refractivity contribution < 1.29 is 8.78 Å². The number of alkyl halides is 2. The average Bonchev–Trinajstić information content (AvgIpc) is 2.79. The number of benzene rings is 1. The van der Waals surface area contributed by atoms with Gasteiger partial charge in [0.05, 0.1) is 5.52 Å². The standard InChI is InChI=1S/C12H10F2N2/c13-12(14)7-11(12,15)9-3-4-10-8(6-9)2-1-5-16-10/h1-6H,7,15H2. The molecular weight excluding hydrogens is 210 g/mol. The Balaban J connectivity index is 2.14. The molecule has 4 heteroatoms. The van der Waals surface area contributed by atoms with Crippen LogP contribution in [0.4, 0.5) is 8.78 Å². The van der Waals surface area contributed by atoms with Crippen LogP contribution in [0.1, 0.15) is 12.0 Å². The molecule has 0 saturated heterocycles. The summed E-state index contributed by atoms with van der Waals surface area (Å²) in [5.41, 5.74) is 5.47. The monoisotopic (exact) mass is 220 g/mol. The predicted molar refractivity (Wildman–Crippen MR) is 57.2 cm³/mol. The second kappa shape index (κ2) is 2.77. The maximum Gasteiger partial charge on any atom is 0.272 e. The largest absolute Gasteiger partial charge is 0.316 e. The zero-order valence-corrected chi connectivity index (χ0v) is 8.45. The normalized spacial score (nSPS) is 26.9. The molecule has 1 fully saturated rings. The summed E-state index contributed by atoms with van der Waals surface area (Å²) in [6.07, 6.45) is 1.40. The number of hydrogen-bond acceptors (Lipinski definition) is 2. The van der Waals surface area contributed by atoms with Gasteiger partial charge in [-0.3, -0.25) is 4.98 Å². The Morgan fingerprint density at radius 3 is 2.69 bits per heavy atom. The van der Waals surface area contributed by atoms with Crippen LogP contribution in [-0.2, 0) is 5.54 Å². The number of hydrogen-bond donors (Lipinski definition) is 1. The van der Waals surface area contributed by atoms with E-state index in [1.54, 1.807) is 30.5 Å². The summed E-state index contributed by atoms with van der Waals surface area (Å²) >= 11 is 0. The van der Waals surface area contributed by atoms with Crippen molar-refractivity contribution in [3.63, 3.8) is 0 Å². The predicted octanol–water partition coefficient (Wildman–Crippen LogP) is 2.43. The third kappa shape index (κ3) is 1.16. The lowest BCUT2D eigenvalue weighted by atomic mass is 10.0. The van der Waals surface area contributed by atoms with Crippen LogP contribution >= 0.6 is 0 Å². The molecule has 0 amide bonds. The van der Waals surface area contributed by atoms with Gasteiger partial charge in [0.1, 0.15) is 5.54 Å². The molecule has 16 heavy (non-hydrogen) atoms. The van der Waals surface area contributed by atoms with Crippen LogP contribution in [0.15, 0.2) is 36.5 Å². The smallest absolute Gasteiger partial charge is 0.272 e. The van der Waals surface area contributed by atoms with Gasteiger partial charge in [-0.1, -0.05) is 12.1 Å². The van der Waals surface area contributed by atoms with E-state index >= 15 is 0 Å². The molecule has 1 saturated carbocycles. The second-order valence-electron chi connectivity index (χ2n) is 4.26. The zero-order chi connectivity index (χ0) is 11.4. The zero-order valence-electron chi connectivity index (χ0n) is 8.45. The molecular formula is C12H10F2N2. The van der Waals surface area contributed by atoms with E-state index in [1.807, 2.05) is 6.07 Å². The van der Waals surface area contributed by atoms with Gasteiger partial charge in [0.2, 0.25) is 0 Å². The first kappa shape index (κ1) is 9.66. The summed E-state index contributed by atoms with van der Waals surface area (Å²) in [5.74, 6) is -2.77. The first-order valence-electron chi connectivity index (χ1n) is 5.05. The summed E-state index contributed by atoms with van der Waals surface area (Å²) < 4.78 is 26.3. The van der Waals surface area contributed by atoms with E-state index in [0.717, 1.165) is 10.9 Å². The highest BCUT2D eigenvalue weighted by Crippen LogP contribution is 2.57. The van der Waals surface area contributed by atoms with E-state index in [2.05, 4.69) is 4.98 Å². The molecule has 0 radical (unpaired) electrons. The average molecular weight is 220 g/mol. The lowest BCUT2D eigenvalue weighted by molar-refractivity contribution is 0.0891. The fourth-order valence-electron chi connectivity index (χ4n) is 1.97. The van der Waals surface area contributed by atoms with E-state index in [0.29, 0.717) is 5.56 Å². The first-order valence-corrected chi connectivity index (χ1v) is 5.05. The Kier molecular flexibility index (Phi) is 1.67. The van der Waals surface area contributed by atoms with Crippen LogP contribution in [0.25, 0.3) is 10.9 Å².